The van der Waals surface area contributed by atoms with Crippen molar-refractivity contribution in [1.82, 2.24) is 20.7 Å². The molecule has 0 amide bonds. The van der Waals surface area contributed by atoms with Gasteiger partial charge in [0.25, 0.3) is 0 Å². The topological polar surface area (TPSA) is 60.0 Å². The number of nitrogens with zero attached hydrogens (tertiary/aromatic N) is 2. The second-order valence-electron chi connectivity index (χ2n) is 13.9. The maximum atomic E-state index is 13.7. The number of aliphatic hydroxyl groups excluding tert-OH is 1. The molecule has 3 saturated heterocycles. The van der Waals surface area contributed by atoms with Crippen LogP contribution in [0.3, 0.4) is 0 Å². The predicted octanol–water partition coefficient (Wildman–Crippen LogP) is 7.18. The second kappa shape index (κ2) is 16.1. The number of aliphatic hydroxyl groups is 1. The van der Waals surface area contributed by atoms with Crippen molar-refractivity contribution < 1.29 is 18.6 Å². The van der Waals surface area contributed by atoms with Gasteiger partial charge < -0.3 is 20.1 Å². The Balaban J connectivity index is 0.000000818. The van der Waals surface area contributed by atoms with Crippen LogP contribution in [0.2, 0.25) is 0 Å². The predicted molar refractivity (Wildman–Crippen MR) is 183 cm³/mol. The van der Waals surface area contributed by atoms with Gasteiger partial charge in [0.05, 0.1) is 23.2 Å². The Bertz CT molecular complexity index is 981. The first kappa shape index (κ1) is 36.4. The van der Waals surface area contributed by atoms with Crippen LogP contribution in [0.25, 0.3) is 0 Å². The van der Waals surface area contributed by atoms with Crippen LogP contribution in [0.15, 0.2) is 37.1 Å². The number of nitrogens with one attached hydrogen (secondary N) is 2. The molecule has 0 radical (unpaired) electrons. The molecule has 3 aliphatic heterocycles. The number of hydrogen-bond donors (Lipinski definition) is 3. The van der Waals surface area contributed by atoms with Crippen LogP contribution in [0.4, 0.5) is 8.78 Å². The van der Waals surface area contributed by atoms with E-state index < -0.39 is 12.0 Å². The Kier molecular flexibility index (Phi) is 13.4. The van der Waals surface area contributed by atoms with E-state index in [0.29, 0.717) is 42.9 Å². The molecule has 0 aromatic heterocycles. The summed E-state index contributed by atoms with van der Waals surface area (Å²) in [6.07, 6.45) is 12.9. The number of halogens is 3. The minimum atomic E-state index is -3.25. The highest BCUT2D eigenvalue weighted by atomic mass is 79.9. The molecule has 2 aliphatic carbocycles. The standard InChI is InChI=1S/C29H50BrF2N4O2P.C5H8/c1-4-7-21-27-22(5-2)35(17(3)20-15-26(28(30)33-16-20)38-29(31,32)39)13-12-24(27)36(34-21)23-11-10-19(14-25(23)37)18-8-6-9-18;1-4-5(2)3/h18-28,33-34,37H,3-16,39H2,1-2H3;4H,1-2H2,3H3. The van der Waals surface area contributed by atoms with Crippen LogP contribution in [-0.4, -0.2) is 75.3 Å². The molecule has 10 heteroatoms. The Morgan fingerprint density at radius 1 is 1.11 bits per heavy atom. The average molecular weight is 704 g/mol. The van der Waals surface area contributed by atoms with Gasteiger partial charge in [0.2, 0.25) is 0 Å². The molecule has 0 spiro atoms. The molecule has 5 rings (SSSR count). The molecular formula is C34H58BrF2N4O2P. The van der Waals surface area contributed by atoms with E-state index >= 15 is 0 Å². The number of fused-ring (bicyclic) bond motifs is 1. The first-order valence-corrected chi connectivity index (χ1v) is 18.6. The molecule has 3 N–H and O–H groups in total. The van der Waals surface area contributed by atoms with Crippen molar-refractivity contribution in [2.24, 2.45) is 23.7 Å². The number of rotatable bonds is 10. The lowest BCUT2D eigenvalue weighted by Crippen LogP contribution is -2.58. The Morgan fingerprint density at radius 2 is 1.82 bits per heavy atom. The van der Waals surface area contributed by atoms with E-state index in [9.17, 15) is 13.9 Å². The SMILES string of the molecule is C=C(C1CNC(Br)C(OC(F)(F)P)C1)N1CCC2C(C(CCC)NN2C2CCC(C3CCC3)CC2O)C1CC.C=CC(=C)C. The van der Waals surface area contributed by atoms with Crippen molar-refractivity contribution >= 4 is 25.2 Å². The van der Waals surface area contributed by atoms with Crippen molar-refractivity contribution in [3.63, 3.8) is 0 Å². The van der Waals surface area contributed by atoms with Crippen molar-refractivity contribution in [1.29, 1.82) is 0 Å². The smallest absolute Gasteiger partial charge is 0.367 e. The molecule has 252 valence electrons. The lowest BCUT2D eigenvalue weighted by molar-refractivity contribution is -0.201. The van der Waals surface area contributed by atoms with Crippen LogP contribution in [0.1, 0.15) is 91.4 Å². The van der Waals surface area contributed by atoms with E-state index in [-0.39, 0.29) is 23.0 Å². The minimum Gasteiger partial charge on any atom is -0.391 e. The number of hydrogen-bond acceptors (Lipinski definition) is 6. The first-order valence-electron chi connectivity index (χ1n) is 17.1. The van der Waals surface area contributed by atoms with Crippen LogP contribution < -0.4 is 10.7 Å². The molecule has 0 aromatic rings. The summed E-state index contributed by atoms with van der Waals surface area (Å²) >= 11 is 3.48. The molecule has 0 bridgehead atoms. The lowest BCUT2D eigenvalue weighted by atomic mass is 9.68. The number of allylic oxidation sites excluding steroid dienone is 2. The molecule has 3 heterocycles. The summed E-state index contributed by atoms with van der Waals surface area (Å²) < 4.78 is 32.4. The van der Waals surface area contributed by atoms with Gasteiger partial charge in [0.15, 0.2) is 0 Å². The number of ether oxygens (including phenoxy) is 1. The van der Waals surface area contributed by atoms with E-state index in [2.05, 4.69) is 70.2 Å². The fourth-order valence-corrected chi connectivity index (χ4v) is 9.27. The third-order valence-corrected chi connectivity index (χ3v) is 12.1. The van der Waals surface area contributed by atoms with Gasteiger partial charge >= 0.3 is 5.85 Å². The summed E-state index contributed by atoms with van der Waals surface area (Å²) in [6, 6.07) is 1.30. The van der Waals surface area contributed by atoms with Crippen molar-refractivity contribution in [3.05, 3.63) is 37.1 Å². The Labute approximate surface area is 276 Å². The van der Waals surface area contributed by atoms with Gasteiger partial charge in [-0.1, -0.05) is 86.8 Å². The minimum absolute atomic E-state index is 0.0421. The van der Waals surface area contributed by atoms with E-state index in [1.54, 1.807) is 6.08 Å². The zero-order valence-corrected chi connectivity index (χ0v) is 29.9. The number of piperidine rings is 2. The molecular weight excluding hydrogens is 645 g/mol. The molecule has 11 unspecified atom stereocenters. The monoisotopic (exact) mass is 702 g/mol. The van der Waals surface area contributed by atoms with E-state index in [1.807, 2.05) is 6.92 Å². The zero-order chi connectivity index (χ0) is 32.2. The third kappa shape index (κ3) is 8.73. The lowest BCUT2D eigenvalue weighted by Gasteiger charge is -2.50. The highest BCUT2D eigenvalue weighted by Gasteiger charge is 2.53. The quantitative estimate of drug-likeness (QED) is 0.0971. The summed E-state index contributed by atoms with van der Waals surface area (Å²) in [5.74, 6) is -1.22. The average Bonchev–Trinajstić information content (AvgIpc) is 3.30. The van der Waals surface area contributed by atoms with Crippen molar-refractivity contribution in [2.75, 3.05) is 13.1 Å². The summed E-state index contributed by atoms with van der Waals surface area (Å²) in [7, 11) is 1.49. The van der Waals surface area contributed by atoms with E-state index in [4.69, 9.17) is 4.74 Å². The number of hydrazine groups is 1. The summed E-state index contributed by atoms with van der Waals surface area (Å²) in [4.78, 5) is 2.18. The second-order valence-corrected chi connectivity index (χ2v) is 15.6. The molecule has 44 heavy (non-hydrogen) atoms. The normalized spacial score (nSPS) is 38.2. The van der Waals surface area contributed by atoms with Gasteiger partial charge in [-0.3, -0.25) is 5.43 Å². The van der Waals surface area contributed by atoms with Crippen LogP contribution in [-0.2, 0) is 4.74 Å². The Hall–Kier alpha value is -0.410. The maximum absolute atomic E-state index is 13.7. The number of likely N-dealkylation sites (tertiary alicyclic amines) is 1. The fourth-order valence-electron chi connectivity index (χ4n) is 8.58. The molecule has 11 atom stereocenters. The van der Waals surface area contributed by atoms with Gasteiger partial charge in [0, 0.05) is 48.7 Å². The van der Waals surface area contributed by atoms with Gasteiger partial charge in [-0.2, -0.15) is 8.78 Å². The largest absolute Gasteiger partial charge is 0.391 e. The highest BCUT2D eigenvalue weighted by Crippen LogP contribution is 2.46. The molecule has 2 saturated carbocycles. The summed E-state index contributed by atoms with van der Waals surface area (Å²) in [6.45, 7) is 19.6. The van der Waals surface area contributed by atoms with Crippen LogP contribution >= 0.6 is 25.2 Å². The molecule has 5 aliphatic rings. The fraction of sp³-hybridized carbons (Fsp3) is 0.824. The van der Waals surface area contributed by atoms with Gasteiger partial charge in [-0.25, -0.2) is 5.01 Å². The first-order chi connectivity index (χ1) is 20.9. The van der Waals surface area contributed by atoms with Crippen LogP contribution in [0.5, 0.6) is 0 Å². The van der Waals surface area contributed by atoms with E-state index in [1.165, 1.54) is 34.9 Å². The molecule has 6 nitrogen and oxygen atoms in total. The maximum Gasteiger partial charge on any atom is 0.367 e. The highest BCUT2D eigenvalue weighted by molar-refractivity contribution is 9.09. The zero-order valence-electron chi connectivity index (χ0n) is 27.2. The Morgan fingerprint density at radius 3 is 2.36 bits per heavy atom. The van der Waals surface area contributed by atoms with Gasteiger partial charge in [0.1, 0.15) is 0 Å². The summed E-state index contributed by atoms with van der Waals surface area (Å²) in [5.41, 5.74) is 6.00. The van der Waals surface area contributed by atoms with Crippen molar-refractivity contribution in [2.45, 2.75) is 139 Å². The molecule has 5 fully saturated rings. The van der Waals surface area contributed by atoms with Gasteiger partial charge in [-0.15, -0.1) is 0 Å². The molecule has 0 aromatic carbocycles. The van der Waals surface area contributed by atoms with Crippen molar-refractivity contribution in [3.8, 4) is 0 Å². The summed E-state index contributed by atoms with van der Waals surface area (Å²) in [5, 5.41) is 17.2. The van der Waals surface area contributed by atoms with Crippen LogP contribution in [0, 0.1) is 23.7 Å². The van der Waals surface area contributed by atoms with E-state index in [0.717, 1.165) is 62.3 Å². The third-order valence-electron chi connectivity index (χ3n) is 11.0. The van der Waals surface area contributed by atoms with Gasteiger partial charge in [-0.05, 0) is 72.9 Å². The number of alkyl halides is 3.